The van der Waals surface area contributed by atoms with Crippen LogP contribution < -0.4 is 4.74 Å². The second-order valence-corrected chi connectivity index (χ2v) is 4.08. The third-order valence-corrected chi connectivity index (χ3v) is 3.01. The predicted octanol–water partition coefficient (Wildman–Crippen LogP) is 2.76. The number of pyridine rings is 1. The molecule has 78 valence electrons. The molecule has 2 unspecified atom stereocenters. The van der Waals surface area contributed by atoms with Gasteiger partial charge in [-0.2, -0.15) is 5.26 Å². The van der Waals surface area contributed by atoms with E-state index in [0.29, 0.717) is 29.0 Å². The largest absolute Gasteiger partial charge is 0.493 e. The normalized spacial score (nSPS) is 23.3. The van der Waals surface area contributed by atoms with Gasteiger partial charge in [-0.25, -0.2) is 0 Å². The van der Waals surface area contributed by atoms with Crippen LogP contribution in [0.25, 0.3) is 0 Å². The van der Waals surface area contributed by atoms with Crippen molar-refractivity contribution in [1.29, 1.82) is 5.26 Å². The standard InChI is InChI=1S/C11H11ClN2O/c1-15-11-9(12)3-5-14-10(11)8-6-7(8)2-4-13/h3,5,7-8H,2,6H2,1H3. The average Bonchev–Trinajstić information content (AvgIpc) is 2.97. The molecular weight excluding hydrogens is 212 g/mol. The molecule has 2 atom stereocenters. The Balaban J connectivity index is 2.23. The van der Waals surface area contributed by atoms with Gasteiger partial charge in [0.1, 0.15) is 0 Å². The van der Waals surface area contributed by atoms with E-state index in [1.807, 2.05) is 0 Å². The van der Waals surface area contributed by atoms with Gasteiger partial charge in [0.2, 0.25) is 0 Å². The van der Waals surface area contributed by atoms with Crippen molar-refractivity contribution in [2.45, 2.75) is 18.8 Å². The molecule has 3 nitrogen and oxygen atoms in total. The number of rotatable bonds is 3. The molecule has 0 aromatic carbocycles. The molecule has 1 aliphatic carbocycles. The van der Waals surface area contributed by atoms with Crippen LogP contribution in [-0.2, 0) is 0 Å². The quantitative estimate of drug-likeness (QED) is 0.790. The van der Waals surface area contributed by atoms with Crippen molar-refractivity contribution < 1.29 is 4.74 Å². The first-order valence-corrected chi connectivity index (χ1v) is 5.21. The van der Waals surface area contributed by atoms with Crippen LogP contribution in [0.1, 0.15) is 24.5 Å². The van der Waals surface area contributed by atoms with Gasteiger partial charge >= 0.3 is 0 Å². The molecule has 15 heavy (non-hydrogen) atoms. The summed E-state index contributed by atoms with van der Waals surface area (Å²) >= 11 is 6.00. The van der Waals surface area contributed by atoms with Crippen LogP contribution in [0.3, 0.4) is 0 Å². The molecule has 0 aliphatic heterocycles. The Morgan fingerprint density at radius 1 is 1.73 bits per heavy atom. The van der Waals surface area contributed by atoms with E-state index in [0.717, 1.165) is 12.1 Å². The van der Waals surface area contributed by atoms with E-state index in [9.17, 15) is 0 Å². The second-order valence-electron chi connectivity index (χ2n) is 3.68. The minimum absolute atomic E-state index is 0.346. The van der Waals surface area contributed by atoms with Crippen molar-refractivity contribution in [3.05, 3.63) is 23.0 Å². The molecule has 0 radical (unpaired) electrons. The fourth-order valence-corrected chi connectivity index (χ4v) is 2.06. The highest BCUT2D eigenvalue weighted by molar-refractivity contribution is 6.32. The van der Waals surface area contributed by atoms with Gasteiger partial charge < -0.3 is 4.74 Å². The highest BCUT2D eigenvalue weighted by atomic mass is 35.5. The summed E-state index contributed by atoms with van der Waals surface area (Å²) in [6.07, 6.45) is 3.28. The zero-order chi connectivity index (χ0) is 10.8. The van der Waals surface area contributed by atoms with E-state index in [-0.39, 0.29) is 0 Å². The Hall–Kier alpha value is -1.27. The molecule has 0 bridgehead atoms. The van der Waals surface area contributed by atoms with Gasteiger partial charge in [-0.15, -0.1) is 0 Å². The molecule has 1 saturated carbocycles. The topological polar surface area (TPSA) is 45.9 Å². The lowest BCUT2D eigenvalue weighted by atomic mass is 10.1. The summed E-state index contributed by atoms with van der Waals surface area (Å²) in [6, 6.07) is 3.89. The molecular formula is C11H11ClN2O. The van der Waals surface area contributed by atoms with Crippen LogP contribution in [-0.4, -0.2) is 12.1 Å². The molecule has 0 amide bonds. The molecule has 0 N–H and O–H groups in total. The number of ether oxygens (including phenoxy) is 1. The van der Waals surface area contributed by atoms with E-state index in [2.05, 4.69) is 11.1 Å². The maximum Gasteiger partial charge on any atom is 0.159 e. The van der Waals surface area contributed by atoms with Crippen LogP contribution in [0, 0.1) is 17.2 Å². The van der Waals surface area contributed by atoms with Gasteiger partial charge in [0.05, 0.1) is 23.9 Å². The summed E-state index contributed by atoms with van der Waals surface area (Å²) in [5, 5.41) is 9.18. The van der Waals surface area contributed by atoms with Gasteiger partial charge in [-0.3, -0.25) is 4.98 Å². The van der Waals surface area contributed by atoms with Crippen molar-refractivity contribution in [2.24, 2.45) is 5.92 Å². The van der Waals surface area contributed by atoms with Gasteiger partial charge in [-0.1, -0.05) is 11.6 Å². The molecule has 1 aromatic rings. The van der Waals surface area contributed by atoms with Gasteiger partial charge in [0.15, 0.2) is 5.75 Å². The van der Waals surface area contributed by atoms with E-state index >= 15 is 0 Å². The maximum absolute atomic E-state index is 8.59. The number of hydrogen-bond donors (Lipinski definition) is 0. The van der Waals surface area contributed by atoms with Crippen LogP contribution in [0.5, 0.6) is 5.75 Å². The zero-order valence-electron chi connectivity index (χ0n) is 8.40. The smallest absolute Gasteiger partial charge is 0.159 e. The number of hydrogen-bond acceptors (Lipinski definition) is 3. The number of nitriles is 1. The van der Waals surface area contributed by atoms with Crippen LogP contribution in [0.2, 0.25) is 5.02 Å². The maximum atomic E-state index is 8.59. The minimum Gasteiger partial charge on any atom is -0.493 e. The molecule has 4 heteroatoms. The van der Waals surface area contributed by atoms with Crippen molar-refractivity contribution in [2.75, 3.05) is 7.11 Å². The molecule has 0 saturated heterocycles. The van der Waals surface area contributed by atoms with Crippen LogP contribution in [0.15, 0.2) is 12.3 Å². The highest BCUT2D eigenvalue weighted by Gasteiger charge is 2.41. The van der Waals surface area contributed by atoms with Gasteiger partial charge in [0.25, 0.3) is 0 Å². The third kappa shape index (κ3) is 1.91. The number of aromatic nitrogens is 1. The fraction of sp³-hybridized carbons (Fsp3) is 0.455. The highest BCUT2D eigenvalue weighted by Crippen LogP contribution is 2.52. The van der Waals surface area contributed by atoms with E-state index in [1.54, 1.807) is 19.4 Å². The number of nitrogens with zero attached hydrogens (tertiary/aromatic N) is 2. The van der Waals surface area contributed by atoms with Crippen molar-refractivity contribution in [1.82, 2.24) is 4.98 Å². The molecule has 1 aliphatic rings. The Morgan fingerprint density at radius 2 is 2.53 bits per heavy atom. The Kier molecular flexibility index (Phi) is 2.79. The third-order valence-electron chi connectivity index (χ3n) is 2.72. The molecule has 1 aromatic heterocycles. The molecule has 1 fully saturated rings. The first-order valence-electron chi connectivity index (χ1n) is 4.83. The fourth-order valence-electron chi connectivity index (χ4n) is 1.83. The summed E-state index contributed by atoms with van der Waals surface area (Å²) < 4.78 is 5.23. The summed E-state index contributed by atoms with van der Waals surface area (Å²) in [6.45, 7) is 0. The van der Waals surface area contributed by atoms with E-state index in [4.69, 9.17) is 21.6 Å². The van der Waals surface area contributed by atoms with E-state index in [1.165, 1.54) is 0 Å². The summed E-state index contributed by atoms with van der Waals surface area (Å²) in [4.78, 5) is 4.29. The van der Waals surface area contributed by atoms with E-state index < -0.39 is 0 Å². The Morgan fingerprint density at radius 3 is 3.20 bits per heavy atom. The Labute approximate surface area is 93.6 Å². The lowest BCUT2D eigenvalue weighted by Gasteiger charge is -2.07. The van der Waals surface area contributed by atoms with Crippen molar-refractivity contribution in [3.63, 3.8) is 0 Å². The summed E-state index contributed by atoms with van der Waals surface area (Å²) in [5.41, 5.74) is 0.894. The van der Waals surface area contributed by atoms with Crippen molar-refractivity contribution >= 4 is 11.6 Å². The number of halogens is 1. The summed E-state index contributed by atoms with van der Waals surface area (Å²) in [7, 11) is 1.59. The summed E-state index contributed by atoms with van der Waals surface area (Å²) in [5.74, 6) is 1.43. The lowest BCUT2D eigenvalue weighted by Crippen LogP contribution is -1.95. The minimum atomic E-state index is 0.346. The SMILES string of the molecule is COc1c(Cl)ccnc1C1CC1CC#N. The van der Waals surface area contributed by atoms with Crippen molar-refractivity contribution in [3.8, 4) is 11.8 Å². The first kappa shape index (κ1) is 10.3. The Bertz CT molecular complexity index is 414. The monoisotopic (exact) mass is 222 g/mol. The van der Waals surface area contributed by atoms with Gasteiger partial charge in [-0.05, 0) is 18.4 Å². The van der Waals surface area contributed by atoms with Crippen LogP contribution in [0.4, 0.5) is 0 Å². The molecule has 0 spiro atoms. The number of methoxy groups -OCH3 is 1. The van der Waals surface area contributed by atoms with Gasteiger partial charge in [0, 0.05) is 18.5 Å². The predicted molar refractivity (Wildman–Crippen MR) is 56.9 cm³/mol. The van der Waals surface area contributed by atoms with Crippen LogP contribution >= 0.6 is 11.6 Å². The lowest BCUT2D eigenvalue weighted by molar-refractivity contribution is 0.406. The molecule has 1 heterocycles. The second kappa shape index (κ2) is 4.08. The zero-order valence-corrected chi connectivity index (χ0v) is 9.16. The first-order chi connectivity index (χ1) is 7.27. The average molecular weight is 223 g/mol. The molecule has 2 rings (SSSR count).